The molecule has 0 aromatic heterocycles. The van der Waals surface area contributed by atoms with Crippen molar-refractivity contribution in [3.8, 4) is 0 Å². The lowest BCUT2D eigenvalue weighted by atomic mass is 10.0. The first-order valence-electron chi connectivity index (χ1n) is 5.37. The molecule has 1 aromatic rings. The van der Waals surface area contributed by atoms with Crippen LogP contribution in [0.1, 0.15) is 36.4 Å². The van der Waals surface area contributed by atoms with Crippen molar-refractivity contribution in [3.63, 3.8) is 0 Å². The fraction of sp³-hybridized carbons (Fsp3) is 0.500. The molecule has 0 saturated carbocycles. The molecule has 0 saturated heterocycles. The highest BCUT2D eigenvalue weighted by molar-refractivity contribution is 6.31. The number of halogens is 2. The maximum absolute atomic E-state index is 6.06. The summed E-state index contributed by atoms with van der Waals surface area (Å²) >= 11 is 6.04. The Hall–Kier alpha value is -0.280. The van der Waals surface area contributed by atoms with Crippen LogP contribution in [-0.2, 0) is 0 Å². The standard InChI is InChI=1S/C12H19ClN2.ClH/c1-9-5-6-10(8-11(9)13)12(15)4-2-3-7-14;/h5-6,8,12H,2-4,7,14-15H2,1H3;1H/t12-;/m1./s1. The summed E-state index contributed by atoms with van der Waals surface area (Å²) in [4.78, 5) is 0. The number of benzene rings is 1. The van der Waals surface area contributed by atoms with Crippen LogP contribution in [0.25, 0.3) is 0 Å². The van der Waals surface area contributed by atoms with Crippen molar-refractivity contribution in [2.24, 2.45) is 11.5 Å². The van der Waals surface area contributed by atoms with Crippen molar-refractivity contribution >= 4 is 24.0 Å². The fourth-order valence-corrected chi connectivity index (χ4v) is 1.70. The summed E-state index contributed by atoms with van der Waals surface area (Å²) in [5.74, 6) is 0. The Balaban J connectivity index is 0.00000225. The van der Waals surface area contributed by atoms with Crippen LogP contribution in [0.3, 0.4) is 0 Å². The molecule has 4 heteroatoms. The molecule has 1 atom stereocenters. The Morgan fingerprint density at radius 1 is 1.31 bits per heavy atom. The van der Waals surface area contributed by atoms with Gasteiger partial charge in [0.25, 0.3) is 0 Å². The van der Waals surface area contributed by atoms with E-state index in [4.69, 9.17) is 23.1 Å². The molecule has 92 valence electrons. The second kappa shape index (κ2) is 7.91. The predicted molar refractivity (Wildman–Crippen MR) is 73.3 cm³/mol. The van der Waals surface area contributed by atoms with Gasteiger partial charge in [0.15, 0.2) is 0 Å². The molecule has 2 nitrogen and oxygen atoms in total. The molecule has 0 aliphatic heterocycles. The van der Waals surface area contributed by atoms with Gasteiger partial charge in [-0.3, -0.25) is 0 Å². The molecule has 1 rings (SSSR count). The highest BCUT2D eigenvalue weighted by Crippen LogP contribution is 2.22. The van der Waals surface area contributed by atoms with Gasteiger partial charge in [0.2, 0.25) is 0 Å². The number of hydrogen-bond acceptors (Lipinski definition) is 2. The summed E-state index contributed by atoms with van der Waals surface area (Å²) in [5.41, 5.74) is 13.7. The van der Waals surface area contributed by atoms with Crippen molar-refractivity contribution in [1.29, 1.82) is 0 Å². The molecule has 0 aliphatic rings. The largest absolute Gasteiger partial charge is 0.330 e. The van der Waals surface area contributed by atoms with Crippen LogP contribution in [0.2, 0.25) is 5.02 Å². The molecule has 0 amide bonds. The first kappa shape index (κ1) is 15.7. The summed E-state index contributed by atoms with van der Waals surface area (Å²) in [6.45, 7) is 2.73. The van der Waals surface area contributed by atoms with E-state index in [1.165, 1.54) is 0 Å². The summed E-state index contributed by atoms with van der Waals surface area (Å²) in [6, 6.07) is 6.10. The highest BCUT2D eigenvalue weighted by Gasteiger charge is 2.06. The molecule has 16 heavy (non-hydrogen) atoms. The lowest BCUT2D eigenvalue weighted by Gasteiger charge is -2.12. The first-order chi connectivity index (χ1) is 7.15. The Morgan fingerprint density at radius 3 is 2.56 bits per heavy atom. The zero-order valence-corrected chi connectivity index (χ0v) is 11.2. The van der Waals surface area contributed by atoms with E-state index < -0.39 is 0 Å². The first-order valence-corrected chi connectivity index (χ1v) is 5.74. The third-order valence-corrected chi connectivity index (χ3v) is 3.00. The molecule has 0 spiro atoms. The number of unbranched alkanes of at least 4 members (excludes halogenated alkanes) is 1. The Labute approximate surface area is 109 Å². The molecule has 1 aromatic carbocycles. The maximum Gasteiger partial charge on any atom is 0.0438 e. The van der Waals surface area contributed by atoms with Crippen LogP contribution < -0.4 is 11.5 Å². The molecule has 0 heterocycles. The van der Waals surface area contributed by atoms with Gasteiger partial charge in [-0.2, -0.15) is 0 Å². The summed E-state index contributed by atoms with van der Waals surface area (Å²) in [5, 5.41) is 0.793. The van der Waals surface area contributed by atoms with E-state index in [1.807, 2.05) is 25.1 Å². The molecule has 0 bridgehead atoms. The van der Waals surface area contributed by atoms with E-state index in [0.717, 1.165) is 42.0 Å². The number of rotatable bonds is 5. The van der Waals surface area contributed by atoms with E-state index in [-0.39, 0.29) is 18.4 Å². The minimum Gasteiger partial charge on any atom is -0.330 e. The minimum atomic E-state index is 0. The molecular weight excluding hydrogens is 243 g/mol. The van der Waals surface area contributed by atoms with Gasteiger partial charge in [-0.1, -0.05) is 30.2 Å². The van der Waals surface area contributed by atoms with Crippen molar-refractivity contribution in [2.45, 2.75) is 32.2 Å². The molecule has 0 unspecified atom stereocenters. The Kier molecular flexibility index (Phi) is 7.77. The van der Waals surface area contributed by atoms with Crippen LogP contribution in [0.5, 0.6) is 0 Å². The van der Waals surface area contributed by atoms with E-state index in [2.05, 4.69) is 0 Å². The van der Waals surface area contributed by atoms with Gasteiger partial charge in [-0.05, 0) is 43.5 Å². The van der Waals surface area contributed by atoms with Gasteiger partial charge >= 0.3 is 0 Å². The van der Waals surface area contributed by atoms with Gasteiger partial charge < -0.3 is 11.5 Å². The Morgan fingerprint density at radius 2 is 2.00 bits per heavy atom. The third-order valence-electron chi connectivity index (χ3n) is 2.59. The van der Waals surface area contributed by atoms with Crippen molar-refractivity contribution in [1.82, 2.24) is 0 Å². The van der Waals surface area contributed by atoms with E-state index in [9.17, 15) is 0 Å². The van der Waals surface area contributed by atoms with Crippen molar-refractivity contribution in [2.75, 3.05) is 6.54 Å². The topological polar surface area (TPSA) is 52.0 Å². The van der Waals surface area contributed by atoms with Crippen LogP contribution in [0.4, 0.5) is 0 Å². The van der Waals surface area contributed by atoms with Crippen LogP contribution in [0, 0.1) is 6.92 Å². The van der Waals surface area contributed by atoms with Crippen molar-refractivity contribution in [3.05, 3.63) is 34.3 Å². The van der Waals surface area contributed by atoms with Crippen molar-refractivity contribution < 1.29 is 0 Å². The van der Waals surface area contributed by atoms with E-state index in [1.54, 1.807) is 0 Å². The SMILES string of the molecule is Cc1ccc([C@H](N)CCCCN)cc1Cl.Cl. The smallest absolute Gasteiger partial charge is 0.0438 e. The zero-order valence-electron chi connectivity index (χ0n) is 9.58. The Bertz CT molecular complexity index is 316. The average molecular weight is 263 g/mol. The average Bonchev–Trinajstić information content (AvgIpc) is 2.22. The van der Waals surface area contributed by atoms with Crippen LogP contribution >= 0.6 is 24.0 Å². The minimum absolute atomic E-state index is 0. The van der Waals surface area contributed by atoms with E-state index >= 15 is 0 Å². The number of hydrogen-bond donors (Lipinski definition) is 2. The highest BCUT2D eigenvalue weighted by atomic mass is 35.5. The second-order valence-corrected chi connectivity index (χ2v) is 4.31. The predicted octanol–water partition coefficient (Wildman–Crippen LogP) is 3.20. The molecular formula is C12H20Cl2N2. The lowest BCUT2D eigenvalue weighted by molar-refractivity contribution is 0.591. The van der Waals surface area contributed by atoms with Gasteiger partial charge in [-0.25, -0.2) is 0 Å². The van der Waals surface area contributed by atoms with Gasteiger partial charge in [-0.15, -0.1) is 12.4 Å². The summed E-state index contributed by atoms with van der Waals surface area (Å²) in [6.07, 6.45) is 3.08. The molecule has 0 fully saturated rings. The van der Waals surface area contributed by atoms with E-state index in [0.29, 0.717) is 0 Å². The van der Waals surface area contributed by atoms with Crippen LogP contribution in [0.15, 0.2) is 18.2 Å². The number of aryl methyl sites for hydroxylation is 1. The molecule has 4 N–H and O–H groups in total. The fourth-order valence-electron chi connectivity index (χ4n) is 1.52. The molecule has 0 radical (unpaired) electrons. The third kappa shape index (κ3) is 4.71. The second-order valence-electron chi connectivity index (χ2n) is 3.90. The van der Waals surface area contributed by atoms with Crippen LogP contribution in [-0.4, -0.2) is 6.54 Å². The monoisotopic (exact) mass is 262 g/mol. The lowest BCUT2D eigenvalue weighted by Crippen LogP contribution is -2.11. The summed E-state index contributed by atoms with van der Waals surface area (Å²) < 4.78 is 0. The maximum atomic E-state index is 6.06. The van der Waals surface area contributed by atoms with Gasteiger partial charge in [0, 0.05) is 11.1 Å². The van der Waals surface area contributed by atoms with Gasteiger partial charge in [0.1, 0.15) is 0 Å². The normalized spacial score (nSPS) is 12.0. The van der Waals surface area contributed by atoms with Gasteiger partial charge in [0.05, 0.1) is 0 Å². The zero-order chi connectivity index (χ0) is 11.3. The summed E-state index contributed by atoms with van der Waals surface area (Å²) in [7, 11) is 0. The number of nitrogens with two attached hydrogens (primary N) is 2. The molecule has 0 aliphatic carbocycles. The quantitative estimate of drug-likeness (QED) is 0.801.